The average molecular weight is 995 g/mol. The van der Waals surface area contributed by atoms with Crippen molar-refractivity contribution in [2.45, 2.75) is 13.8 Å². The van der Waals surface area contributed by atoms with Gasteiger partial charge in [-0.25, -0.2) is 0 Å². The smallest absolute Gasteiger partial charge is 0.0546 e. The second-order valence-corrected chi connectivity index (χ2v) is 20.6. The van der Waals surface area contributed by atoms with Crippen molar-refractivity contribution in [2.24, 2.45) is 0 Å². The van der Waals surface area contributed by atoms with Crippen molar-refractivity contribution in [3.63, 3.8) is 0 Å². The van der Waals surface area contributed by atoms with Gasteiger partial charge < -0.3 is 9.80 Å². The number of hydrogen-bond acceptors (Lipinski definition) is 2. The molecule has 15 aromatic carbocycles. The maximum Gasteiger partial charge on any atom is 0.0546 e. The first kappa shape index (κ1) is 46.5. The van der Waals surface area contributed by atoms with E-state index in [-0.39, 0.29) is 0 Å². The number of benzene rings is 15. The van der Waals surface area contributed by atoms with Crippen LogP contribution in [0.25, 0.3) is 97.7 Å². The highest BCUT2D eigenvalue weighted by atomic mass is 15.2. The molecule has 2 heteroatoms. The summed E-state index contributed by atoms with van der Waals surface area (Å²) < 4.78 is 0. The molecule has 0 atom stereocenters. The highest BCUT2D eigenvalue weighted by Crippen LogP contribution is 2.49. The maximum absolute atomic E-state index is 2.40. The Morgan fingerprint density at radius 3 is 1.10 bits per heavy atom. The Bertz CT molecular complexity index is 4510. The van der Waals surface area contributed by atoms with Crippen molar-refractivity contribution < 1.29 is 0 Å². The molecule has 2 nitrogen and oxygen atoms in total. The van der Waals surface area contributed by atoms with E-state index in [9.17, 15) is 0 Å². The van der Waals surface area contributed by atoms with E-state index in [1.54, 1.807) is 0 Å². The zero-order valence-corrected chi connectivity index (χ0v) is 43.6. The van der Waals surface area contributed by atoms with Gasteiger partial charge in [0.25, 0.3) is 0 Å². The zero-order valence-electron chi connectivity index (χ0n) is 43.6. The maximum atomic E-state index is 2.40. The lowest BCUT2D eigenvalue weighted by atomic mass is 9.85. The molecule has 78 heavy (non-hydrogen) atoms. The van der Waals surface area contributed by atoms with Gasteiger partial charge in [-0.1, -0.05) is 218 Å². The molecule has 0 aliphatic rings. The van der Waals surface area contributed by atoms with E-state index < -0.39 is 0 Å². The lowest BCUT2D eigenvalue weighted by Gasteiger charge is -2.30. The summed E-state index contributed by atoms with van der Waals surface area (Å²) in [4.78, 5) is 4.79. The number of hydrogen-bond donors (Lipinski definition) is 0. The van der Waals surface area contributed by atoms with Crippen molar-refractivity contribution in [1.29, 1.82) is 0 Å². The summed E-state index contributed by atoms with van der Waals surface area (Å²) in [5.41, 5.74) is 14.6. The van der Waals surface area contributed by atoms with Crippen LogP contribution in [0.5, 0.6) is 0 Å². The SMILES string of the molecule is Cc1cccc(N(c2ccccc2)c2cc3ccc(N(c4ccccc4)c4cccc(C)c4)c4ccc5cccc2c5c34)c1.c1ccc2cc(-c3c4ccccc4c(-c4ccc5ccccc5c4)c4ccccc34)ccc2c1. The molecule has 368 valence electrons. The first-order valence-electron chi connectivity index (χ1n) is 27.0. The summed E-state index contributed by atoms with van der Waals surface area (Å²) in [5, 5.41) is 17.8. The highest BCUT2D eigenvalue weighted by Gasteiger charge is 2.23. The van der Waals surface area contributed by atoms with E-state index in [1.165, 1.54) is 120 Å². The molecule has 0 radical (unpaired) electrons. The van der Waals surface area contributed by atoms with Gasteiger partial charge in [-0.3, -0.25) is 0 Å². The summed E-state index contributed by atoms with van der Waals surface area (Å²) in [7, 11) is 0. The molecule has 0 aliphatic carbocycles. The van der Waals surface area contributed by atoms with Crippen LogP contribution in [0, 0.1) is 13.8 Å². The molecule has 0 heterocycles. The summed E-state index contributed by atoms with van der Waals surface area (Å²) in [6, 6.07) is 106. The van der Waals surface area contributed by atoms with Gasteiger partial charge in [-0.05, 0) is 185 Å². The largest absolute Gasteiger partial charge is 0.310 e. The van der Waals surface area contributed by atoms with Crippen LogP contribution >= 0.6 is 0 Å². The first-order valence-corrected chi connectivity index (χ1v) is 27.0. The number of anilines is 6. The second kappa shape index (κ2) is 19.6. The van der Waals surface area contributed by atoms with Gasteiger partial charge in [0, 0.05) is 33.5 Å². The van der Waals surface area contributed by atoms with Crippen LogP contribution in [0.15, 0.2) is 291 Å². The predicted octanol–water partition coefficient (Wildman–Crippen LogP) is 21.8. The van der Waals surface area contributed by atoms with Crippen LogP contribution in [0.3, 0.4) is 0 Å². The molecule has 0 N–H and O–H groups in total. The van der Waals surface area contributed by atoms with E-state index in [1.807, 2.05) is 0 Å². The number of fused-ring (bicyclic) bond motifs is 4. The molecule has 0 bridgehead atoms. The quantitative estimate of drug-likeness (QED) is 0.111. The fourth-order valence-electron chi connectivity index (χ4n) is 12.2. The molecule has 0 amide bonds. The van der Waals surface area contributed by atoms with Crippen LogP contribution in [0.1, 0.15) is 11.1 Å². The van der Waals surface area contributed by atoms with Crippen molar-refractivity contribution in [3.8, 4) is 22.3 Å². The molecule has 0 unspecified atom stereocenters. The third kappa shape index (κ3) is 8.23. The number of aryl methyl sites for hydroxylation is 2. The first-order chi connectivity index (χ1) is 38.5. The van der Waals surface area contributed by atoms with Gasteiger partial charge in [0.15, 0.2) is 0 Å². The van der Waals surface area contributed by atoms with Gasteiger partial charge in [0.05, 0.1) is 11.4 Å². The number of para-hydroxylation sites is 2. The molecular weight excluding hydrogens is 941 g/mol. The molecule has 0 spiro atoms. The van der Waals surface area contributed by atoms with Crippen molar-refractivity contribution in [2.75, 3.05) is 9.80 Å². The van der Waals surface area contributed by atoms with E-state index in [0.717, 1.165) is 22.7 Å². The van der Waals surface area contributed by atoms with Gasteiger partial charge in [-0.2, -0.15) is 0 Å². The lowest BCUT2D eigenvalue weighted by Crippen LogP contribution is -2.12. The third-order valence-electron chi connectivity index (χ3n) is 15.6. The zero-order chi connectivity index (χ0) is 52.1. The number of rotatable bonds is 8. The minimum Gasteiger partial charge on any atom is -0.310 e. The Kier molecular flexibility index (Phi) is 11.7. The van der Waals surface area contributed by atoms with Crippen LogP contribution in [0.2, 0.25) is 0 Å². The van der Waals surface area contributed by atoms with Crippen LogP contribution in [0.4, 0.5) is 34.1 Å². The molecule has 15 aromatic rings. The molecule has 0 saturated carbocycles. The lowest BCUT2D eigenvalue weighted by molar-refractivity contribution is 1.28. The fraction of sp³-hybridized carbons (Fsp3) is 0.0263. The van der Waals surface area contributed by atoms with E-state index in [2.05, 4.69) is 315 Å². The van der Waals surface area contributed by atoms with Crippen LogP contribution < -0.4 is 9.80 Å². The summed E-state index contributed by atoms with van der Waals surface area (Å²) in [6.45, 7) is 4.32. The van der Waals surface area contributed by atoms with Gasteiger partial charge in [0.1, 0.15) is 0 Å². The predicted molar refractivity (Wildman–Crippen MR) is 336 cm³/mol. The molecular formula is C76H54N2. The molecule has 0 aliphatic heterocycles. The van der Waals surface area contributed by atoms with E-state index in [0.29, 0.717) is 0 Å². The normalized spacial score (nSPS) is 11.5. The van der Waals surface area contributed by atoms with Gasteiger partial charge in [-0.15, -0.1) is 0 Å². The average Bonchev–Trinajstić information content (AvgIpc) is 3.53. The van der Waals surface area contributed by atoms with E-state index >= 15 is 0 Å². The van der Waals surface area contributed by atoms with Crippen LogP contribution in [-0.4, -0.2) is 0 Å². The van der Waals surface area contributed by atoms with E-state index in [4.69, 9.17) is 0 Å². The molecule has 0 fully saturated rings. The topological polar surface area (TPSA) is 6.48 Å². The van der Waals surface area contributed by atoms with Gasteiger partial charge in [0.2, 0.25) is 0 Å². The number of nitrogens with zero attached hydrogens (tertiary/aromatic N) is 2. The van der Waals surface area contributed by atoms with Crippen molar-refractivity contribution >= 4 is 110 Å². The monoisotopic (exact) mass is 994 g/mol. The Hall–Kier alpha value is -10.0. The third-order valence-corrected chi connectivity index (χ3v) is 15.6. The second-order valence-electron chi connectivity index (χ2n) is 20.6. The van der Waals surface area contributed by atoms with Crippen molar-refractivity contribution in [1.82, 2.24) is 0 Å². The van der Waals surface area contributed by atoms with Crippen LogP contribution in [-0.2, 0) is 0 Å². The molecule has 15 rings (SSSR count). The van der Waals surface area contributed by atoms with Crippen molar-refractivity contribution in [3.05, 3.63) is 302 Å². The standard InChI is InChI=1S/C42H32N2.C34H22/c1-29-12-9-19-35(26-29)43(33-15-5-3-6-16-33)39-25-23-32-28-40(37-21-11-14-31-22-24-38(39)42(32)41(31)37)44(34-17-7-4-8-18-34)36-20-10-13-30(2)27-36;1-3-11-25-21-27(19-17-23(25)9-1)33-29-13-5-7-15-31(29)34(32-16-8-6-14-30(32)33)28-20-18-24-10-2-4-12-26(24)22-28/h3-28H,1-2H3;1-22H. The van der Waals surface area contributed by atoms with Gasteiger partial charge >= 0.3 is 0 Å². The Morgan fingerprint density at radius 1 is 0.218 bits per heavy atom. The fourth-order valence-corrected chi connectivity index (χ4v) is 12.2. The Balaban J connectivity index is 0.000000146. The summed E-state index contributed by atoms with van der Waals surface area (Å²) in [5.74, 6) is 0. The highest BCUT2D eigenvalue weighted by molar-refractivity contribution is 6.29. The minimum atomic E-state index is 1.14. The minimum absolute atomic E-state index is 1.14. The molecule has 0 aromatic heterocycles. The summed E-state index contributed by atoms with van der Waals surface area (Å²) >= 11 is 0. The summed E-state index contributed by atoms with van der Waals surface area (Å²) in [6.07, 6.45) is 0. The molecule has 0 saturated heterocycles. The Labute approximate surface area is 455 Å². The Morgan fingerprint density at radius 2 is 0.590 bits per heavy atom.